The van der Waals surface area contributed by atoms with Gasteiger partial charge < -0.3 is 25.0 Å². The molecule has 0 radical (unpaired) electrons. The van der Waals surface area contributed by atoms with Crippen LogP contribution < -0.4 is 14.8 Å². The summed E-state index contributed by atoms with van der Waals surface area (Å²) in [6.45, 7) is 1.01. The lowest BCUT2D eigenvalue weighted by atomic mass is 10.1. The van der Waals surface area contributed by atoms with Gasteiger partial charge in [0.15, 0.2) is 11.5 Å². The van der Waals surface area contributed by atoms with Gasteiger partial charge in [-0.15, -0.1) is 0 Å². The summed E-state index contributed by atoms with van der Waals surface area (Å²) in [5.74, 6) is -0.987. The number of rotatable bonds is 3. The van der Waals surface area contributed by atoms with E-state index < -0.39 is 11.9 Å². The van der Waals surface area contributed by atoms with Gasteiger partial charge in [0.25, 0.3) is 5.91 Å². The van der Waals surface area contributed by atoms with E-state index in [1.54, 1.807) is 12.1 Å². The topological polar surface area (TPSA) is 105 Å². The van der Waals surface area contributed by atoms with Crippen LogP contribution in [0.3, 0.4) is 0 Å². The molecule has 3 N–H and O–H groups in total. The molecule has 3 rings (SSSR count). The standard InChI is InChI=1S/C17H14BrNO6/c18-12-8-15-14(24-4-1-5-25-15)7-10(12)16(21)19-13-3-2-9(20)6-11(13)17(22)23/h2-3,6-8,20H,1,4-5H2,(H,19,21)(H,22,23). The maximum Gasteiger partial charge on any atom is 0.337 e. The Morgan fingerprint density at radius 1 is 1.04 bits per heavy atom. The summed E-state index contributed by atoms with van der Waals surface area (Å²) in [7, 11) is 0. The summed E-state index contributed by atoms with van der Waals surface area (Å²) in [4.78, 5) is 23.9. The summed E-state index contributed by atoms with van der Waals surface area (Å²) in [5.41, 5.74) is 0.141. The highest BCUT2D eigenvalue weighted by atomic mass is 79.9. The molecule has 130 valence electrons. The average Bonchev–Trinajstić information content (AvgIpc) is 2.80. The van der Waals surface area contributed by atoms with Crippen molar-refractivity contribution < 1.29 is 29.3 Å². The number of benzene rings is 2. The average molecular weight is 408 g/mol. The Morgan fingerprint density at radius 2 is 1.72 bits per heavy atom. The molecule has 25 heavy (non-hydrogen) atoms. The number of phenols is 1. The fourth-order valence-electron chi connectivity index (χ4n) is 2.37. The minimum Gasteiger partial charge on any atom is -0.508 e. The van der Waals surface area contributed by atoms with Crippen LogP contribution in [-0.4, -0.2) is 35.3 Å². The predicted molar refractivity (Wildman–Crippen MR) is 92.8 cm³/mol. The van der Waals surface area contributed by atoms with E-state index >= 15 is 0 Å². The number of carbonyl (C=O) groups is 2. The van der Waals surface area contributed by atoms with Crippen molar-refractivity contribution in [3.8, 4) is 17.2 Å². The molecule has 0 aliphatic carbocycles. The van der Waals surface area contributed by atoms with E-state index in [1.165, 1.54) is 12.1 Å². The van der Waals surface area contributed by atoms with Crippen molar-refractivity contribution in [2.24, 2.45) is 0 Å². The van der Waals surface area contributed by atoms with Gasteiger partial charge >= 0.3 is 5.97 Å². The molecule has 7 nitrogen and oxygen atoms in total. The normalized spacial score (nSPS) is 13.0. The van der Waals surface area contributed by atoms with E-state index in [-0.39, 0.29) is 22.6 Å². The van der Waals surface area contributed by atoms with Crippen molar-refractivity contribution in [3.63, 3.8) is 0 Å². The van der Waals surface area contributed by atoms with Crippen LogP contribution in [0.2, 0.25) is 0 Å². The maximum atomic E-state index is 12.6. The lowest BCUT2D eigenvalue weighted by Crippen LogP contribution is -2.15. The molecule has 0 saturated carbocycles. The molecule has 0 saturated heterocycles. The van der Waals surface area contributed by atoms with E-state index in [0.29, 0.717) is 29.2 Å². The van der Waals surface area contributed by atoms with Gasteiger partial charge in [-0.25, -0.2) is 4.79 Å². The van der Waals surface area contributed by atoms with Crippen LogP contribution in [0, 0.1) is 0 Å². The van der Waals surface area contributed by atoms with Crippen LogP contribution in [0.5, 0.6) is 17.2 Å². The zero-order chi connectivity index (χ0) is 18.0. The van der Waals surface area contributed by atoms with Gasteiger partial charge in [0.05, 0.1) is 30.0 Å². The minimum absolute atomic E-state index is 0.0781. The number of carboxylic acid groups (broad SMARTS) is 1. The first kappa shape index (κ1) is 17.1. The van der Waals surface area contributed by atoms with E-state index in [2.05, 4.69) is 21.2 Å². The molecule has 0 unspecified atom stereocenters. The second-order valence-electron chi connectivity index (χ2n) is 5.32. The third-order valence-corrected chi connectivity index (χ3v) is 4.22. The van der Waals surface area contributed by atoms with Crippen LogP contribution in [0.1, 0.15) is 27.1 Å². The number of ether oxygens (including phenoxy) is 2. The Hall–Kier alpha value is -2.74. The van der Waals surface area contributed by atoms with Gasteiger partial charge in [0, 0.05) is 10.9 Å². The molecule has 2 aromatic carbocycles. The van der Waals surface area contributed by atoms with Crippen LogP contribution in [0.25, 0.3) is 0 Å². The van der Waals surface area contributed by atoms with Crippen molar-refractivity contribution in [3.05, 3.63) is 45.9 Å². The van der Waals surface area contributed by atoms with Crippen molar-refractivity contribution in [1.29, 1.82) is 0 Å². The highest BCUT2D eigenvalue weighted by molar-refractivity contribution is 9.10. The van der Waals surface area contributed by atoms with Gasteiger partial charge in [0.1, 0.15) is 5.75 Å². The molecule has 0 aromatic heterocycles. The summed E-state index contributed by atoms with van der Waals surface area (Å²) < 4.78 is 11.6. The highest BCUT2D eigenvalue weighted by Gasteiger charge is 2.20. The number of phenolic OH excluding ortho intramolecular Hbond substituents is 1. The van der Waals surface area contributed by atoms with E-state index in [4.69, 9.17) is 9.47 Å². The number of hydrogen-bond acceptors (Lipinski definition) is 5. The molecule has 1 aliphatic heterocycles. The van der Waals surface area contributed by atoms with Crippen LogP contribution >= 0.6 is 15.9 Å². The number of carboxylic acids is 1. The molecule has 8 heteroatoms. The number of hydrogen-bond donors (Lipinski definition) is 3. The number of fused-ring (bicyclic) bond motifs is 1. The number of aromatic carboxylic acids is 1. The van der Waals surface area contributed by atoms with E-state index in [1.807, 2.05) is 0 Å². The number of aromatic hydroxyl groups is 1. The van der Waals surface area contributed by atoms with Gasteiger partial charge in [-0.2, -0.15) is 0 Å². The fraction of sp³-hybridized carbons (Fsp3) is 0.176. The third-order valence-electron chi connectivity index (χ3n) is 3.56. The smallest absolute Gasteiger partial charge is 0.337 e. The summed E-state index contributed by atoms with van der Waals surface area (Å²) in [6.07, 6.45) is 0.739. The monoisotopic (exact) mass is 407 g/mol. The molecule has 2 aromatic rings. The molecule has 0 spiro atoms. The van der Waals surface area contributed by atoms with Crippen molar-refractivity contribution in [1.82, 2.24) is 0 Å². The second kappa shape index (κ2) is 7.02. The molecule has 1 heterocycles. The molecule has 0 bridgehead atoms. The Balaban J connectivity index is 1.92. The van der Waals surface area contributed by atoms with Gasteiger partial charge in [-0.3, -0.25) is 4.79 Å². The molecular weight excluding hydrogens is 394 g/mol. The van der Waals surface area contributed by atoms with Gasteiger partial charge in [0.2, 0.25) is 0 Å². The van der Waals surface area contributed by atoms with Crippen molar-refractivity contribution in [2.45, 2.75) is 6.42 Å². The first-order valence-electron chi connectivity index (χ1n) is 7.42. The number of carbonyl (C=O) groups excluding carboxylic acids is 1. The second-order valence-corrected chi connectivity index (χ2v) is 6.17. The summed E-state index contributed by atoms with van der Waals surface area (Å²) in [6, 6.07) is 6.88. The number of halogens is 1. The summed E-state index contributed by atoms with van der Waals surface area (Å²) >= 11 is 3.32. The number of amides is 1. The fourth-order valence-corrected chi connectivity index (χ4v) is 2.87. The lowest BCUT2D eigenvalue weighted by Gasteiger charge is -2.13. The molecule has 1 aliphatic rings. The summed E-state index contributed by atoms with van der Waals surface area (Å²) in [5, 5.41) is 21.2. The van der Waals surface area contributed by atoms with Crippen LogP contribution in [0.15, 0.2) is 34.8 Å². The van der Waals surface area contributed by atoms with E-state index in [9.17, 15) is 19.8 Å². The van der Waals surface area contributed by atoms with Crippen molar-refractivity contribution >= 4 is 33.5 Å². The molecular formula is C17H14BrNO6. The first-order valence-corrected chi connectivity index (χ1v) is 8.22. The zero-order valence-corrected chi connectivity index (χ0v) is 14.5. The Labute approximate surface area is 151 Å². The molecule has 1 amide bonds. The van der Waals surface area contributed by atoms with Gasteiger partial charge in [-0.05, 0) is 46.3 Å². The predicted octanol–water partition coefficient (Wildman–Crippen LogP) is 3.27. The molecule has 0 fully saturated rings. The quantitative estimate of drug-likeness (QED) is 0.674. The SMILES string of the molecule is O=C(Nc1ccc(O)cc1C(=O)O)c1cc2c(cc1Br)OCCCO2. The Morgan fingerprint density at radius 3 is 2.40 bits per heavy atom. The van der Waals surface area contributed by atoms with Crippen molar-refractivity contribution in [2.75, 3.05) is 18.5 Å². The first-order chi connectivity index (χ1) is 12.0. The number of anilines is 1. The Bertz CT molecular complexity index is 851. The van der Waals surface area contributed by atoms with E-state index in [0.717, 1.165) is 12.5 Å². The van der Waals surface area contributed by atoms with Crippen LogP contribution in [0.4, 0.5) is 5.69 Å². The highest BCUT2D eigenvalue weighted by Crippen LogP contribution is 2.35. The number of nitrogens with one attached hydrogen (secondary N) is 1. The lowest BCUT2D eigenvalue weighted by molar-refractivity contribution is 0.0697. The van der Waals surface area contributed by atoms with Gasteiger partial charge in [-0.1, -0.05) is 0 Å². The van der Waals surface area contributed by atoms with Crippen LogP contribution in [-0.2, 0) is 0 Å². The molecule has 0 atom stereocenters. The zero-order valence-electron chi connectivity index (χ0n) is 12.9. The largest absolute Gasteiger partial charge is 0.508 e. The third kappa shape index (κ3) is 3.69. The Kier molecular flexibility index (Phi) is 4.80. The minimum atomic E-state index is -1.26. The maximum absolute atomic E-state index is 12.6.